The van der Waals surface area contributed by atoms with Gasteiger partial charge in [0, 0.05) is 15.8 Å². The highest BCUT2D eigenvalue weighted by Crippen LogP contribution is 2.35. The summed E-state index contributed by atoms with van der Waals surface area (Å²) in [5.74, 6) is -1.25. The number of benzene rings is 2. The van der Waals surface area contributed by atoms with Crippen LogP contribution in [0.25, 0.3) is 10.1 Å². The summed E-state index contributed by atoms with van der Waals surface area (Å²) >= 11 is 7.60. The first-order valence-corrected chi connectivity index (χ1v) is 8.22. The van der Waals surface area contributed by atoms with Gasteiger partial charge in [0.25, 0.3) is 17.7 Å². The lowest BCUT2D eigenvalue weighted by Crippen LogP contribution is -2.19. The molecule has 3 amide bonds. The molecule has 0 bridgehead atoms. The average Bonchev–Trinajstić information content (AvgIpc) is 3.05. The molecule has 118 valence electrons. The van der Waals surface area contributed by atoms with Gasteiger partial charge in [-0.15, -0.1) is 11.3 Å². The van der Waals surface area contributed by atoms with Crippen molar-refractivity contribution >= 4 is 56.4 Å². The maximum atomic E-state index is 12.5. The summed E-state index contributed by atoms with van der Waals surface area (Å²) in [6.45, 7) is 0. The fraction of sp³-hybridized carbons (Fsp3) is 0. The SMILES string of the molecule is O=C1NC(=O)c2cc(NC(=O)c3sc4ccccc4c3Cl)ccc21. The van der Waals surface area contributed by atoms with E-state index in [1.165, 1.54) is 23.5 Å². The van der Waals surface area contributed by atoms with E-state index in [1.54, 1.807) is 6.07 Å². The number of amides is 3. The summed E-state index contributed by atoms with van der Waals surface area (Å²) in [5.41, 5.74) is 0.982. The normalized spacial score (nSPS) is 13.0. The highest BCUT2D eigenvalue weighted by molar-refractivity contribution is 7.21. The molecular weight excluding hydrogens is 348 g/mol. The number of hydrogen-bond donors (Lipinski definition) is 2. The number of fused-ring (bicyclic) bond motifs is 2. The summed E-state index contributed by atoms with van der Waals surface area (Å²) in [6.07, 6.45) is 0. The first-order valence-electron chi connectivity index (χ1n) is 7.02. The molecule has 4 rings (SSSR count). The molecule has 2 heterocycles. The Bertz CT molecular complexity index is 1040. The van der Waals surface area contributed by atoms with E-state index in [0.29, 0.717) is 21.2 Å². The number of nitrogens with one attached hydrogen (secondary N) is 2. The highest BCUT2D eigenvalue weighted by Gasteiger charge is 2.27. The van der Waals surface area contributed by atoms with E-state index in [1.807, 2.05) is 24.3 Å². The maximum Gasteiger partial charge on any atom is 0.267 e. The predicted molar refractivity (Wildman–Crippen MR) is 93.0 cm³/mol. The topological polar surface area (TPSA) is 75.3 Å². The lowest BCUT2D eigenvalue weighted by molar-refractivity contribution is 0.0878. The zero-order valence-electron chi connectivity index (χ0n) is 12.1. The Kier molecular flexibility index (Phi) is 3.37. The molecule has 0 atom stereocenters. The molecule has 7 heteroatoms. The minimum absolute atomic E-state index is 0.250. The number of anilines is 1. The van der Waals surface area contributed by atoms with Crippen molar-refractivity contribution in [3.63, 3.8) is 0 Å². The van der Waals surface area contributed by atoms with Gasteiger partial charge in [-0.05, 0) is 24.3 Å². The molecule has 1 aromatic heterocycles. The molecule has 0 aliphatic carbocycles. The molecule has 1 aliphatic rings. The minimum Gasteiger partial charge on any atom is -0.321 e. The maximum absolute atomic E-state index is 12.5. The Balaban J connectivity index is 1.67. The minimum atomic E-state index is -0.467. The van der Waals surface area contributed by atoms with E-state index in [0.717, 1.165) is 10.1 Å². The van der Waals surface area contributed by atoms with Crippen LogP contribution in [0.15, 0.2) is 42.5 Å². The van der Waals surface area contributed by atoms with Gasteiger partial charge in [-0.2, -0.15) is 0 Å². The Morgan fingerprint density at radius 2 is 1.79 bits per heavy atom. The number of rotatable bonds is 2. The highest BCUT2D eigenvalue weighted by atomic mass is 35.5. The van der Waals surface area contributed by atoms with Gasteiger partial charge in [-0.25, -0.2) is 0 Å². The van der Waals surface area contributed by atoms with Crippen molar-refractivity contribution in [2.24, 2.45) is 0 Å². The lowest BCUT2D eigenvalue weighted by Gasteiger charge is -2.05. The van der Waals surface area contributed by atoms with Gasteiger partial charge < -0.3 is 5.32 Å². The quantitative estimate of drug-likeness (QED) is 0.687. The molecule has 0 saturated heterocycles. The van der Waals surface area contributed by atoms with Gasteiger partial charge in [0.05, 0.1) is 16.1 Å². The molecular formula is C17H9ClN2O3S. The van der Waals surface area contributed by atoms with Crippen LogP contribution in [-0.4, -0.2) is 17.7 Å². The zero-order valence-corrected chi connectivity index (χ0v) is 13.6. The first kappa shape index (κ1) is 14.9. The molecule has 24 heavy (non-hydrogen) atoms. The second-order valence-corrected chi connectivity index (χ2v) is 6.67. The Morgan fingerprint density at radius 3 is 2.58 bits per heavy atom. The van der Waals surface area contributed by atoms with Gasteiger partial charge >= 0.3 is 0 Å². The molecule has 0 fully saturated rings. The molecule has 5 nitrogen and oxygen atoms in total. The summed E-state index contributed by atoms with van der Waals surface area (Å²) < 4.78 is 0.923. The Morgan fingerprint density at radius 1 is 1.04 bits per heavy atom. The van der Waals surface area contributed by atoms with E-state index in [2.05, 4.69) is 10.6 Å². The number of hydrogen-bond acceptors (Lipinski definition) is 4. The van der Waals surface area contributed by atoms with Gasteiger partial charge in [0.2, 0.25) is 0 Å². The third-order valence-corrected chi connectivity index (χ3v) is 5.41. The van der Waals surface area contributed by atoms with Crippen molar-refractivity contribution in [1.82, 2.24) is 5.32 Å². The number of imide groups is 1. The Hall–Kier alpha value is -2.70. The number of thiophene rings is 1. The summed E-state index contributed by atoms with van der Waals surface area (Å²) in [6, 6.07) is 12.1. The van der Waals surface area contributed by atoms with Crippen LogP contribution in [0.4, 0.5) is 5.69 Å². The van der Waals surface area contributed by atoms with E-state index in [9.17, 15) is 14.4 Å². The summed E-state index contributed by atoms with van der Waals surface area (Å²) in [7, 11) is 0. The smallest absolute Gasteiger partial charge is 0.267 e. The van der Waals surface area contributed by atoms with Gasteiger partial charge in [-0.1, -0.05) is 29.8 Å². The third kappa shape index (κ3) is 2.28. The predicted octanol–water partition coefficient (Wildman–Crippen LogP) is 3.69. The van der Waals surface area contributed by atoms with E-state index < -0.39 is 11.8 Å². The Labute approximate surface area is 145 Å². The van der Waals surface area contributed by atoms with Crippen molar-refractivity contribution in [2.75, 3.05) is 5.32 Å². The van der Waals surface area contributed by atoms with Crippen LogP contribution >= 0.6 is 22.9 Å². The zero-order chi connectivity index (χ0) is 16.8. The monoisotopic (exact) mass is 356 g/mol. The second-order valence-electron chi connectivity index (χ2n) is 5.24. The molecule has 2 aromatic carbocycles. The lowest BCUT2D eigenvalue weighted by atomic mass is 10.1. The molecule has 3 aromatic rings. The molecule has 0 radical (unpaired) electrons. The van der Waals surface area contributed by atoms with Crippen LogP contribution < -0.4 is 10.6 Å². The van der Waals surface area contributed by atoms with Crippen molar-refractivity contribution < 1.29 is 14.4 Å². The van der Waals surface area contributed by atoms with E-state index in [-0.39, 0.29) is 11.5 Å². The van der Waals surface area contributed by atoms with Crippen molar-refractivity contribution in [2.45, 2.75) is 0 Å². The molecule has 0 unspecified atom stereocenters. The van der Waals surface area contributed by atoms with Gasteiger partial charge in [0.1, 0.15) is 4.88 Å². The molecule has 0 saturated carbocycles. The van der Waals surface area contributed by atoms with Gasteiger partial charge in [-0.3, -0.25) is 19.7 Å². The van der Waals surface area contributed by atoms with Crippen LogP contribution in [-0.2, 0) is 0 Å². The van der Waals surface area contributed by atoms with E-state index in [4.69, 9.17) is 11.6 Å². The van der Waals surface area contributed by atoms with Crippen molar-refractivity contribution in [3.8, 4) is 0 Å². The molecule has 0 spiro atoms. The molecule has 2 N–H and O–H groups in total. The summed E-state index contributed by atoms with van der Waals surface area (Å²) in [4.78, 5) is 36.1. The van der Waals surface area contributed by atoms with Crippen LogP contribution in [0.5, 0.6) is 0 Å². The summed E-state index contributed by atoms with van der Waals surface area (Å²) in [5, 5.41) is 6.16. The largest absolute Gasteiger partial charge is 0.321 e. The number of carbonyl (C=O) groups excluding carboxylic acids is 3. The van der Waals surface area contributed by atoms with Crippen molar-refractivity contribution in [1.29, 1.82) is 0 Å². The van der Waals surface area contributed by atoms with Gasteiger partial charge in [0.15, 0.2) is 0 Å². The number of halogens is 1. The fourth-order valence-electron chi connectivity index (χ4n) is 2.59. The average molecular weight is 357 g/mol. The molecule has 1 aliphatic heterocycles. The number of carbonyl (C=O) groups is 3. The standard InChI is InChI=1S/C17H9ClN2O3S/c18-13-10-3-1-2-4-12(10)24-14(13)17(23)19-8-5-6-9-11(7-8)16(22)20-15(9)21/h1-7H,(H,19,23)(H,20,21,22). The van der Waals surface area contributed by atoms with Crippen LogP contribution in [0.3, 0.4) is 0 Å². The fourth-order valence-corrected chi connectivity index (χ4v) is 4.01. The van der Waals surface area contributed by atoms with Crippen LogP contribution in [0.2, 0.25) is 5.02 Å². The van der Waals surface area contributed by atoms with Crippen molar-refractivity contribution in [3.05, 3.63) is 63.5 Å². The van der Waals surface area contributed by atoms with Crippen LogP contribution in [0, 0.1) is 0 Å². The van der Waals surface area contributed by atoms with E-state index >= 15 is 0 Å². The van der Waals surface area contributed by atoms with Crippen LogP contribution in [0.1, 0.15) is 30.4 Å². The first-order chi connectivity index (χ1) is 11.5. The second kappa shape index (κ2) is 5.43. The third-order valence-electron chi connectivity index (χ3n) is 3.73.